The van der Waals surface area contributed by atoms with E-state index in [1.807, 2.05) is 12.1 Å². The summed E-state index contributed by atoms with van der Waals surface area (Å²) in [6.45, 7) is 0. The van der Waals surface area contributed by atoms with Crippen molar-refractivity contribution < 1.29 is 0 Å². The number of pyridine rings is 2. The molecular formula is C76H52N6. The Hall–Kier alpha value is -11.1. The molecule has 15 aromatic rings. The Labute approximate surface area is 476 Å². The van der Waals surface area contributed by atoms with Crippen LogP contribution in [0.15, 0.2) is 316 Å². The molecule has 0 aliphatic carbocycles. The van der Waals surface area contributed by atoms with E-state index in [2.05, 4.69) is 322 Å². The lowest BCUT2D eigenvalue weighted by Crippen LogP contribution is -2.09. The molecule has 0 N–H and O–H groups in total. The summed E-state index contributed by atoms with van der Waals surface area (Å²) in [6.07, 6.45) is 4.19. The first kappa shape index (κ1) is 48.1. The Morgan fingerprint density at radius 2 is 0.488 bits per heavy atom. The fourth-order valence-electron chi connectivity index (χ4n) is 12.0. The quantitative estimate of drug-likeness (QED) is 0.114. The Bertz CT molecular complexity index is 4380. The second-order valence-corrected chi connectivity index (χ2v) is 20.6. The van der Waals surface area contributed by atoms with Crippen LogP contribution in [0.25, 0.3) is 100 Å². The highest BCUT2D eigenvalue weighted by Gasteiger charge is 2.22. The van der Waals surface area contributed by atoms with Gasteiger partial charge in [0.1, 0.15) is 11.3 Å². The summed E-state index contributed by atoms with van der Waals surface area (Å²) in [6, 6.07) is 108. The number of benzene rings is 11. The highest BCUT2D eigenvalue weighted by atomic mass is 15.1. The lowest BCUT2D eigenvalue weighted by atomic mass is 9.86. The van der Waals surface area contributed by atoms with Gasteiger partial charge in [-0.25, -0.2) is 9.97 Å². The molecule has 0 spiro atoms. The Morgan fingerprint density at radius 3 is 0.817 bits per heavy atom. The van der Waals surface area contributed by atoms with Gasteiger partial charge in [0, 0.05) is 68.8 Å². The van der Waals surface area contributed by atoms with E-state index in [9.17, 15) is 0 Å². The average molecular weight is 1050 g/mol. The smallest absolute Gasteiger partial charge is 0.137 e. The summed E-state index contributed by atoms with van der Waals surface area (Å²) in [7, 11) is 0. The minimum Gasteiger partial charge on any atom is -0.311 e. The van der Waals surface area contributed by atoms with Crippen molar-refractivity contribution in [2.75, 3.05) is 9.80 Å². The number of nitrogens with zero attached hydrogens (tertiary/aromatic N) is 6. The van der Waals surface area contributed by atoms with Crippen LogP contribution in [0.2, 0.25) is 0 Å². The van der Waals surface area contributed by atoms with Crippen LogP contribution in [0.5, 0.6) is 0 Å². The number of fused-ring (bicyclic) bond motifs is 4. The zero-order valence-corrected chi connectivity index (χ0v) is 44.7. The zero-order valence-electron chi connectivity index (χ0n) is 44.7. The summed E-state index contributed by atoms with van der Waals surface area (Å²) in [4.78, 5) is 15.0. The van der Waals surface area contributed by atoms with Crippen molar-refractivity contribution in [2.24, 2.45) is 0 Å². The number of para-hydroxylation sites is 2. The number of rotatable bonds is 12. The van der Waals surface area contributed by atoms with Gasteiger partial charge in [0.2, 0.25) is 0 Å². The van der Waals surface area contributed by atoms with Gasteiger partial charge in [0.25, 0.3) is 0 Å². The topological polar surface area (TPSA) is 41.1 Å². The van der Waals surface area contributed by atoms with E-state index in [4.69, 9.17) is 9.97 Å². The molecule has 386 valence electrons. The molecule has 0 saturated heterocycles. The molecule has 0 aliphatic heterocycles. The van der Waals surface area contributed by atoms with Gasteiger partial charge in [-0.05, 0) is 141 Å². The molecule has 4 aromatic heterocycles. The standard InChI is InChI=1S/C76H52N6/c1-5-21-57(22-6-1)75-73(77-69-33-17-19-51-79(69)75)55-39-47-63(48-40-55)81(59-25-9-3-10-26-59)61-43-35-53(36-44-61)71-65-29-13-15-31-67(65)72(68-32-16-14-30-66(68)71)54-37-45-62(46-38-54)82(60-27-11-4-12-28-60)64-49-41-56(42-50-64)74-76(58-23-7-2-8-24-58)80-52-20-18-34-70(80)78-74/h1-52H. The molecule has 0 aliphatic rings. The molecule has 0 bridgehead atoms. The van der Waals surface area contributed by atoms with Crippen LogP contribution in [0.4, 0.5) is 34.1 Å². The Balaban J connectivity index is 0.775. The first-order valence-corrected chi connectivity index (χ1v) is 27.8. The molecule has 0 amide bonds. The van der Waals surface area contributed by atoms with E-state index < -0.39 is 0 Å². The summed E-state index contributed by atoms with van der Waals surface area (Å²) in [5.41, 5.74) is 21.4. The van der Waals surface area contributed by atoms with Gasteiger partial charge in [-0.15, -0.1) is 0 Å². The molecule has 0 unspecified atom stereocenters. The van der Waals surface area contributed by atoms with E-state index >= 15 is 0 Å². The maximum atomic E-state index is 5.15. The normalized spacial score (nSPS) is 11.4. The third kappa shape index (κ3) is 8.54. The van der Waals surface area contributed by atoms with Crippen molar-refractivity contribution in [1.82, 2.24) is 18.8 Å². The van der Waals surface area contributed by atoms with Crippen molar-refractivity contribution >= 4 is 67.0 Å². The maximum absolute atomic E-state index is 5.15. The molecule has 0 atom stereocenters. The van der Waals surface area contributed by atoms with Crippen molar-refractivity contribution in [1.29, 1.82) is 0 Å². The third-order valence-electron chi connectivity index (χ3n) is 15.7. The number of anilines is 6. The first-order valence-electron chi connectivity index (χ1n) is 27.8. The number of hydrogen-bond donors (Lipinski definition) is 0. The highest BCUT2D eigenvalue weighted by molar-refractivity contribution is 6.21. The van der Waals surface area contributed by atoms with Crippen LogP contribution in [0.1, 0.15) is 0 Å². The summed E-state index contributed by atoms with van der Waals surface area (Å²) < 4.78 is 4.36. The van der Waals surface area contributed by atoms with Crippen LogP contribution in [-0.2, 0) is 0 Å². The van der Waals surface area contributed by atoms with Crippen LogP contribution < -0.4 is 9.80 Å². The van der Waals surface area contributed by atoms with E-state index in [1.54, 1.807) is 0 Å². The Morgan fingerprint density at radius 1 is 0.220 bits per heavy atom. The highest BCUT2D eigenvalue weighted by Crippen LogP contribution is 2.46. The Kier molecular flexibility index (Phi) is 12.1. The van der Waals surface area contributed by atoms with Gasteiger partial charge in [0.15, 0.2) is 0 Å². The molecule has 0 saturated carbocycles. The van der Waals surface area contributed by atoms with E-state index in [0.29, 0.717) is 0 Å². The van der Waals surface area contributed by atoms with Crippen molar-refractivity contribution in [3.8, 4) is 67.3 Å². The SMILES string of the molecule is c1ccc(-c2c(-c3ccc(N(c4ccccc4)c4ccc(-c5c6ccccc6c(-c6ccc(N(c7ccccc7)c7ccc(-c8nc9ccccn9c8-c8ccccc8)cc7)cc6)c6ccccc56)cc4)cc3)nc3ccccn23)cc1. The largest absolute Gasteiger partial charge is 0.311 e. The number of hydrogen-bond acceptors (Lipinski definition) is 4. The predicted molar refractivity (Wildman–Crippen MR) is 341 cm³/mol. The zero-order chi connectivity index (χ0) is 54.3. The predicted octanol–water partition coefficient (Wildman–Crippen LogP) is 20.2. The van der Waals surface area contributed by atoms with E-state index in [1.165, 1.54) is 32.7 Å². The van der Waals surface area contributed by atoms with Gasteiger partial charge in [0.05, 0.1) is 22.8 Å². The molecule has 0 radical (unpaired) electrons. The molecule has 0 fully saturated rings. The maximum Gasteiger partial charge on any atom is 0.137 e. The van der Waals surface area contributed by atoms with Gasteiger partial charge >= 0.3 is 0 Å². The molecule has 6 nitrogen and oxygen atoms in total. The van der Waals surface area contributed by atoms with Crippen molar-refractivity contribution in [2.45, 2.75) is 0 Å². The van der Waals surface area contributed by atoms with Crippen molar-refractivity contribution in [3.05, 3.63) is 316 Å². The molecular weight excluding hydrogens is 997 g/mol. The molecule has 6 heteroatoms. The minimum atomic E-state index is 0.917. The summed E-state index contributed by atoms with van der Waals surface area (Å²) >= 11 is 0. The van der Waals surface area contributed by atoms with E-state index in [-0.39, 0.29) is 0 Å². The van der Waals surface area contributed by atoms with E-state index in [0.717, 1.165) is 102 Å². The first-order chi connectivity index (χ1) is 40.7. The number of aromatic nitrogens is 4. The van der Waals surface area contributed by atoms with Crippen LogP contribution in [0.3, 0.4) is 0 Å². The van der Waals surface area contributed by atoms with Crippen molar-refractivity contribution in [3.63, 3.8) is 0 Å². The third-order valence-corrected chi connectivity index (χ3v) is 15.7. The fourth-order valence-corrected chi connectivity index (χ4v) is 12.0. The molecule has 11 aromatic carbocycles. The van der Waals surface area contributed by atoms with Crippen LogP contribution >= 0.6 is 0 Å². The summed E-state index contributed by atoms with van der Waals surface area (Å²) in [5, 5.41) is 4.82. The fraction of sp³-hybridized carbons (Fsp3) is 0. The molecule has 82 heavy (non-hydrogen) atoms. The van der Waals surface area contributed by atoms with Gasteiger partial charge in [-0.2, -0.15) is 0 Å². The summed E-state index contributed by atoms with van der Waals surface area (Å²) in [5.74, 6) is 0. The van der Waals surface area contributed by atoms with Gasteiger partial charge in [-0.3, -0.25) is 8.80 Å². The van der Waals surface area contributed by atoms with Crippen LogP contribution in [-0.4, -0.2) is 18.8 Å². The second kappa shape index (κ2) is 20.6. The van der Waals surface area contributed by atoms with Gasteiger partial charge < -0.3 is 9.80 Å². The average Bonchev–Trinajstić information content (AvgIpc) is 4.34. The van der Waals surface area contributed by atoms with Crippen LogP contribution in [0, 0.1) is 0 Å². The lowest BCUT2D eigenvalue weighted by Gasteiger charge is -2.26. The lowest BCUT2D eigenvalue weighted by molar-refractivity contribution is 1.19. The van der Waals surface area contributed by atoms with Gasteiger partial charge in [-0.1, -0.05) is 206 Å². The monoisotopic (exact) mass is 1050 g/mol. The number of imidazole rings is 2. The second-order valence-electron chi connectivity index (χ2n) is 20.6. The minimum absolute atomic E-state index is 0.917. The molecule has 4 heterocycles. The molecule has 15 rings (SSSR count).